The molecule has 23 heavy (non-hydrogen) atoms. The SMILES string of the molecule is O=C(CCn1cc([N+](=O)[O-])cn1)N1CCC(NCC2CC2)CC1. The molecule has 0 bridgehead atoms. The normalized spacial score (nSPS) is 19.0. The fourth-order valence-electron chi connectivity index (χ4n) is 2.93. The average Bonchev–Trinajstić information content (AvgIpc) is 3.26. The highest BCUT2D eigenvalue weighted by Crippen LogP contribution is 2.28. The number of nitrogens with zero attached hydrogens (tertiary/aromatic N) is 4. The van der Waals surface area contributed by atoms with Gasteiger partial charge in [-0.15, -0.1) is 0 Å². The van der Waals surface area contributed by atoms with Gasteiger partial charge in [0, 0.05) is 32.1 Å². The molecule has 2 heterocycles. The summed E-state index contributed by atoms with van der Waals surface area (Å²) in [7, 11) is 0. The summed E-state index contributed by atoms with van der Waals surface area (Å²) in [5.41, 5.74) is -0.0417. The van der Waals surface area contributed by atoms with Crippen molar-refractivity contribution in [1.82, 2.24) is 20.0 Å². The van der Waals surface area contributed by atoms with Gasteiger partial charge < -0.3 is 10.2 Å². The van der Waals surface area contributed by atoms with Gasteiger partial charge in [0.15, 0.2) is 0 Å². The molecule has 0 aromatic carbocycles. The predicted octanol–water partition coefficient (Wildman–Crippen LogP) is 1.17. The van der Waals surface area contributed by atoms with Crippen LogP contribution < -0.4 is 5.32 Å². The predicted molar refractivity (Wildman–Crippen MR) is 83.8 cm³/mol. The van der Waals surface area contributed by atoms with Crippen LogP contribution in [-0.2, 0) is 11.3 Å². The van der Waals surface area contributed by atoms with E-state index in [1.54, 1.807) is 0 Å². The van der Waals surface area contributed by atoms with Crippen LogP contribution in [0.1, 0.15) is 32.1 Å². The zero-order chi connectivity index (χ0) is 16.2. The summed E-state index contributed by atoms with van der Waals surface area (Å²) >= 11 is 0. The van der Waals surface area contributed by atoms with E-state index < -0.39 is 4.92 Å². The third kappa shape index (κ3) is 4.51. The molecular formula is C15H23N5O3. The standard InChI is InChI=1S/C15H23N5O3/c21-15(5-8-19-11-14(10-17-19)20(22)23)18-6-3-13(4-7-18)16-9-12-1-2-12/h10-13,16H,1-9H2. The van der Waals surface area contributed by atoms with Crippen molar-refractivity contribution in [2.45, 2.75) is 44.7 Å². The molecule has 0 radical (unpaired) electrons. The summed E-state index contributed by atoms with van der Waals surface area (Å²) in [6.45, 7) is 3.09. The number of amides is 1. The molecule has 8 heteroatoms. The summed E-state index contributed by atoms with van der Waals surface area (Å²) < 4.78 is 1.46. The Morgan fingerprint density at radius 2 is 2.09 bits per heavy atom. The Morgan fingerprint density at radius 1 is 1.35 bits per heavy atom. The Kier molecular flexibility index (Phi) is 4.90. The highest BCUT2D eigenvalue weighted by molar-refractivity contribution is 5.76. The van der Waals surface area contributed by atoms with E-state index in [1.165, 1.54) is 29.9 Å². The monoisotopic (exact) mass is 321 g/mol. The number of likely N-dealkylation sites (tertiary alicyclic amines) is 1. The molecular weight excluding hydrogens is 298 g/mol. The molecule has 1 saturated carbocycles. The first-order valence-corrected chi connectivity index (χ1v) is 8.30. The van der Waals surface area contributed by atoms with Crippen LogP contribution in [-0.4, -0.2) is 51.2 Å². The van der Waals surface area contributed by atoms with Gasteiger partial charge >= 0.3 is 5.69 Å². The molecule has 1 amide bonds. The number of hydrogen-bond acceptors (Lipinski definition) is 5. The average molecular weight is 321 g/mol. The first-order chi connectivity index (χ1) is 11.1. The van der Waals surface area contributed by atoms with Crippen LogP contribution in [0.3, 0.4) is 0 Å². The Bertz CT molecular complexity index is 561. The van der Waals surface area contributed by atoms with Gasteiger partial charge in [0.05, 0.1) is 4.92 Å². The second-order valence-corrected chi connectivity index (χ2v) is 6.48. The van der Waals surface area contributed by atoms with Crippen LogP contribution in [0.4, 0.5) is 5.69 Å². The highest BCUT2D eigenvalue weighted by atomic mass is 16.6. The van der Waals surface area contributed by atoms with Crippen LogP contribution >= 0.6 is 0 Å². The fraction of sp³-hybridized carbons (Fsp3) is 0.733. The lowest BCUT2D eigenvalue weighted by molar-refractivity contribution is -0.385. The van der Waals surface area contributed by atoms with Crippen LogP contribution in [0.2, 0.25) is 0 Å². The number of carbonyl (C=O) groups is 1. The van der Waals surface area contributed by atoms with Gasteiger partial charge in [-0.25, -0.2) is 0 Å². The van der Waals surface area contributed by atoms with Crippen molar-refractivity contribution in [3.8, 4) is 0 Å². The molecule has 1 N–H and O–H groups in total. The molecule has 0 spiro atoms. The smallest absolute Gasteiger partial charge is 0.306 e. The van der Waals surface area contributed by atoms with E-state index in [2.05, 4.69) is 10.4 Å². The Morgan fingerprint density at radius 3 is 2.70 bits per heavy atom. The molecule has 8 nitrogen and oxygen atoms in total. The highest BCUT2D eigenvalue weighted by Gasteiger charge is 2.25. The van der Waals surface area contributed by atoms with Gasteiger partial charge in [-0.1, -0.05) is 0 Å². The number of piperidine rings is 1. The van der Waals surface area contributed by atoms with Crippen LogP contribution in [0.15, 0.2) is 12.4 Å². The second-order valence-electron chi connectivity index (χ2n) is 6.48. The van der Waals surface area contributed by atoms with Gasteiger partial charge in [0.2, 0.25) is 5.91 Å². The van der Waals surface area contributed by atoms with Crippen molar-refractivity contribution in [3.05, 3.63) is 22.5 Å². The van der Waals surface area contributed by atoms with Crippen LogP contribution in [0.5, 0.6) is 0 Å². The van der Waals surface area contributed by atoms with E-state index in [0.717, 1.165) is 38.4 Å². The number of rotatable bonds is 7. The quantitative estimate of drug-likeness (QED) is 0.601. The summed E-state index contributed by atoms with van der Waals surface area (Å²) in [5, 5.41) is 18.1. The molecule has 1 aromatic heterocycles. The summed E-state index contributed by atoms with van der Waals surface area (Å²) in [5.74, 6) is 0.983. The number of aromatic nitrogens is 2. The maximum absolute atomic E-state index is 12.2. The number of nitrogens with one attached hydrogen (secondary N) is 1. The molecule has 1 aromatic rings. The van der Waals surface area contributed by atoms with E-state index in [-0.39, 0.29) is 11.6 Å². The van der Waals surface area contributed by atoms with Crippen LogP contribution in [0.25, 0.3) is 0 Å². The summed E-state index contributed by atoms with van der Waals surface area (Å²) in [4.78, 5) is 24.2. The van der Waals surface area contributed by atoms with Crippen molar-refractivity contribution < 1.29 is 9.72 Å². The molecule has 0 unspecified atom stereocenters. The summed E-state index contributed by atoms with van der Waals surface area (Å²) in [6, 6.07) is 0.536. The lowest BCUT2D eigenvalue weighted by Gasteiger charge is -2.32. The molecule has 0 atom stereocenters. The molecule has 1 aliphatic carbocycles. The number of carbonyl (C=O) groups excluding carboxylic acids is 1. The molecule has 1 aliphatic heterocycles. The van der Waals surface area contributed by atoms with Crippen molar-refractivity contribution in [1.29, 1.82) is 0 Å². The minimum Gasteiger partial charge on any atom is -0.343 e. The van der Waals surface area contributed by atoms with E-state index >= 15 is 0 Å². The third-order valence-corrected chi connectivity index (χ3v) is 4.62. The molecule has 2 aliphatic rings. The molecule has 1 saturated heterocycles. The van der Waals surface area contributed by atoms with Gasteiger partial charge in [-0.2, -0.15) is 5.10 Å². The largest absolute Gasteiger partial charge is 0.343 e. The number of hydrogen-bond donors (Lipinski definition) is 1. The summed E-state index contributed by atoms with van der Waals surface area (Å²) in [6.07, 6.45) is 7.63. The topological polar surface area (TPSA) is 93.3 Å². The van der Waals surface area contributed by atoms with Gasteiger partial charge in [0.25, 0.3) is 0 Å². The minimum atomic E-state index is -0.481. The first-order valence-electron chi connectivity index (χ1n) is 8.30. The van der Waals surface area contributed by atoms with E-state index in [0.29, 0.717) is 19.0 Å². The van der Waals surface area contributed by atoms with Gasteiger partial charge in [-0.3, -0.25) is 19.6 Å². The Balaban J connectivity index is 1.37. The van der Waals surface area contributed by atoms with Crippen LogP contribution in [0, 0.1) is 16.0 Å². The van der Waals surface area contributed by atoms with Crippen molar-refractivity contribution in [3.63, 3.8) is 0 Å². The third-order valence-electron chi connectivity index (χ3n) is 4.62. The maximum Gasteiger partial charge on any atom is 0.306 e. The second kappa shape index (κ2) is 7.08. The van der Waals surface area contributed by atoms with Crippen molar-refractivity contribution >= 4 is 11.6 Å². The molecule has 3 rings (SSSR count). The lowest BCUT2D eigenvalue weighted by Crippen LogP contribution is -2.45. The van der Waals surface area contributed by atoms with Crippen molar-refractivity contribution in [2.24, 2.45) is 5.92 Å². The Hall–Kier alpha value is -1.96. The first kappa shape index (κ1) is 15.9. The van der Waals surface area contributed by atoms with Gasteiger partial charge in [0.1, 0.15) is 12.4 Å². The number of nitro groups is 1. The van der Waals surface area contributed by atoms with Gasteiger partial charge in [-0.05, 0) is 38.1 Å². The maximum atomic E-state index is 12.2. The Labute approximate surface area is 135 Å². The zero-order valence-electron chi connectivity index (χ0n) is 13.2. The van der Waals surface area contributed by atoms with E-state index in [9.17, 15) is 14.9 Å². The lowest BCUT2D eigenvalue weighted by atomic mass is 10.0. The fourth-order valence-corrected chi connectivity index (χ4v) is 2.93. The molecule has 126 valence electrons. The zero-order valence-corrected chi connectivity index (χ0v) is 13.2. The molecule has 2 fully saturated rings. The van der Waals surface area contributed by atoms with E-state index in [1.807, 2.05) is 4.90 Å². The van der Waals surface area contributed by atoms with Crippen molar-refractivity contribution in [2.75, 3.05) is 19.6 Å². The number of aryl methyl sites for hydroxylation is 1. The van der Waals surface area contributed by atoms with E-state index in [4.69, 9.17) is 0 Å². The minimum absolute atomic E-state index is 0.0417.